The van der Waals surface area contributed by atoms with Gasteiger partial charge in [-0.2, -0.15) is 0 Å². The lowest BCUT2D eigenvalue weighted by Gasteiger charge is -2.65. The predicted molar refractivity (Wildman–Crippen MR) is 283 cm³/mol. The average Bonchev–Trinajstić information content (AvgIpc) is 3.31. The first-order chi connectivity index (χ1) is 34.8. The molecule has 6 heterocycles. The molecule has 6 aliphatic heterocycles. The van der Waals surface area contributed by atoms with E-state index in [1.807, 2.05) is 48.6 Å². The summed E-state index contributed by atoms with van der Waals surface area (Å²) in [5.41, 5.74) is 0. The summed E-state index contributed by atoms with van der Waals surface area (Å²) in [5, 5.41) is 0. The molecule has 12 heteroatoms. The molecule has 6 rings (SSSR count). The van der Waals surface area contributed by atoms with Crippen molar-refractivity contribution in [1.82, 2.24) is 0 Å². The molecule has 6 saturated heterocycles. The topological polar surface area (TPSA) is 111 Å². The Bertz CT molecular complexity index is 1620. The molecule has 0 atom stereocenters. The monoisotopic (exact) mass is 1010 g/mol. The zero-order chi connectivity index (χ0) is 51.8. The molecule has 12 nitrogen and oxygen atoms in total. The van der Waals surface area contributed by atoms with Crippen LogP contribution in [0.15, 0.2) is 97.2 Å². The lowest BCUT2D eigenvalue weighted by Crippen LogP contribution is -2.79. The molecule has 0 aromatic rings. The summed E-state index contributed by atoms with van der Waals surface area (Å²) in [4.78, 5) is 0. The van der Waals surface area contributed by atoms with Crippen LogP contribution in [-0.4, -0.2) is 47.8 Å². The van der Waals surface area contributed by atoms with Gasteiger partial charge in [-0.15, -0.1) is 0 Å². The lowest BCUT2D eigenvalue weighted by atomic mass is 10.1. The van der Waals surface area contributed by atoms with Crippen molar-refractivity contribution in [1.29, 1.82) is 0 Å². The van der Waals surface area contributed by atoms with Crippen LogP contribution in [0.25, 0.3) is 0 Å². The molecule has 0 saturated carbocycles. The van der Waals surface area contributed by atoms with E-state index >= 15 is 0 Å². The number of hydrogen-bond donors (Lipinski definition) is 0. The first-order valence-corrected chi connectivity index (χ1v) is 28.4. The van der Waals surface area contributed by atoms with Crippen LogP contribution in [0.1, 0.15) is 229 Å². The number of unbranched alkanes of at least 4 members (excludes halogenated alkanes) is 9. The van der Waals surface area contributed by atoms with Gasteiger partial charge < -0.3 is 0 Å². The van der Waals surface area contributed by atoms with Crippen molar-refractivity contribution in [2.75, 3.05) is 0 Å². The maximum atomic E-state index is 7.54. The molecule has 72 heavy (non-hydrogen) atoms. The van der Waals surface area contributed by atoms with Gasteiger partial charge in [0.2, 0.25) is 0 Å². The fraction of sp³-hybridized carbons (Fsp3) is 0.733. The van der Waals surface area contributed by atoms with Crippen LogP contribution in [0.2, 0.25) is 0 Å². The minimum absolute atomic E-state index is 0.0190. The van der Waals surface area contributed by atoms with Gasteiger partial charge in [-0.25, -0.2) is 0 Å². The average molecular weight is 1010 g/mol. The standard InChI is InChI=1S/C60H96O12/c1-10-17-24-35-44-53-61-54(45-36-25-18-11-2)64-57(48-39-28-21-14-5)66-55(62-53,46-37-26-19-12-3)68-59(50-41-30-23-16-7)69-56(63-53,47-38-27-20-13-4)67-58(65-54,49-40-29-22-15-6)71-60(70-57,72-59)51-42-33-31-32-34-43-52(8)9/h24-30,33,35-42,52H,10-23,31-32,34,43-51H2,1-9H3/b35-24+,36-25+,37-26+,38-27+,39-28+,40-29+,41-30+,42-33+. The van der Waals surface area contributed by atoms with Crippen LogP contribution >= 0.6 is 0 Å². The van der Waals surface area contributed by atoms with E-state index in [0.29, 0.717) is 5.92 Å². The van der Waals surface area contributed by atoms with Crippen molar-refractivity contribution in [2.45, 2.75) is 277 Å². The molecule has 0 aromatic heterocycles. The largest absolute Gasteiger partial charge is 0.299 e. The lowest BCUT2D eigenvalue weighted by molar-refractivity contribution is -0.789. The summed E-state index contributed by atoms with van der Waals surface area (Å²) >= 11 is 0. The van der Waals surface area contributed by atoms with Crippen LogP contribution < -0.4 is 0 Å². The summed E-state index contributed by atoms with van der Waals surface area (Å²) in [7, 11) is 0. The molecule has 8 bridgehead atoms. The maximum absolute atomic E-state index is 7.54. The Labute approximate surface area is 435 Å². The molecule has 0 amide bonds. The Balaban J connectivity index is 1.93. The van der Waals surface area contributed by atoms with Gasteiger partial charge in [-0.3, -0.25) is 56.8 Å². The van der Waals surface area contributed by atoms with Crippen molar-refractivity contribution >= 4 is 0 Å². The zero-order valence-corrected chi connectivity index (χ0v) is 46.1. The Morgan fingerprint density at radius 1 is 0.236 bits per heavy atom. The van der Waals surface area contributed by atoms with E-state index in [-0.39, 0.29) is 51.4 Å². The summed E-state index contributed by atoms with van der Waals surface area (Å²) in [6, 6.07) is 0. The van der Waals surface area contributed by atoms with Crippen molar-refractivity contribution in [3.63, 3.8) is 0 Å². The molecular weight excluding hydrogens is 913 g/mol. The van der Waals surface area contributed by atoms with E-state index in [9.17, 15) is 0 Å². The Morgan fingerprint density at radius 3 is 0.556 bits per heavy atom. The van der Waals surface area contributed by atoms with Gasteiger partial charge in [0.15, 0.2) is 0 Å². The van der Waals surface area contributed by atoms with Gasteiger partial charge in [0.05, 0.1) is 0 Å². The third-order valence-electron chi connectivity index (χ3n) is 12.6. The quantitative estimate of drug-likeness (QED) is 0.0445. The highest BCUT2D eigenvalue weighted by Crippen LogP contribution is 2.61. The van der Waals surface area contributed by atoms with E-state index in [0.717, 1.165) is 116 Å². The minimum Gasteiger partial charge on any atom is -0.269 e. The highest BCUT2D eigenvalue weighted by atomic mass is 17.2. The van der Waals surface area contributed by atoms with Crippen LogP contribution in [0.4, 0.5) is 0 Å². The molecular formula is C60H96O12. The number of allylic oxidation sites excluding steroid dienone is 8. The molecule has 0 spiro atoms. The summed E-state index contributed by atoms with van der Waals surface area (Å²) in [5.74, 6) is -16.3. The molecule has 0 unspecified atom stereocenters. The van der Waals surface area contributed by atoms with E-state index in [2.05, 4.69) is 111 Å². The maximum Gasteiger partial charge on any atom is 0.299 e. The van der Waals surface area contributed by atoms with Gasteiger partial charge in [0.25, 0.3) is 47.8 Å². The van der Waals surface area contributed by atoms with E-state index in [1.165, 1.54) is 0 Å². The van der Waals surface area contributed by atoms with Crippen LogP contribution in [0.3, 0.4) is 0 Å². The fourth-order valence-electron chi connectivity index (χ4n) is 9.09. The van der Waals surface area contributed by atoms with Crippen molar-refractivity contribution in [2.24, 2.45) is 5.92 Å². The normalized spacial score (nSPS) is 34.0. The molecule has 6 fully saturated rings. The van der Waals surface area contributed by atoms with Crippen LogP contribution in [0.5, 0.6) is 0 Å². The number of ether oxygens (including phenoxy) is 12. The fourth-order valence-corrected chi connectivity index (χ4v) is 9.09. The Kier molecular flexibility index (Phi) is 24.8. The first-order valence-electron chi connectivity index (χ1n) is 28.4. The van der Waals surface area contributed by atoms with Gasteiger partial charge in [-0.1, -0.05) is 217 Å². The predicted octanol–water partition coefficient (Wildman–Crippen LogP) is 16.9. The smallest absolute Gasteiger partial charge is 0.269 e. The second kappa shape index (κ2) is 29.7. The number of rotatable bonds is 35. The molecule has 6 aliphatic rings. The number of hydrogen-bond acceptors (Lipinski definition) is 12. The van der Waals surface area contributed by atoms with Crippen molar-refractivity contribution in [3.8, 4) is 0 Å². The minimum atomic E-state index is -2.12. The van der Waals surface area contributed by atoms with Crippen molar-refractivity contribution in [3.05, 3.63) is 97.2 Å². The Morgan fingerprint density at radius 2 is 0.403 bits per heavy atom. The van der Waals surface area contributed by atoms with Crippen LogP contribution in [-0.2, 0) is 56.8 Å². The highest BCUT2D eigenvalue weighted by Gasteiger charge is 2.76. The molecule has 408 valence electrons. The second-order valence-electron chi connectivity index (χ2n) is 20.3. The molecule has 0 aliphatic carbocycles. The van der Waals surface area contributed by atoms with Gasteiger partial charge in [0.1, 0.15) is 0 Å². The van der Waals surface area contributed by atoms with Crippen molar-refractivity contribution < 1.29 is 56.8 Å². The highest BCUT2D eigenvalue weighted by molar-refractivity contribution is 5.03. The SMILES string of the molecule is CCC/C=C/CC12OC3(C/C=C/CCC)OC4(C/C=C/CCC)OC(C/C=C/CCC)(O1)OC1(C/C=C/CCC)OC(C/C=C/CCC)(O2)OC(C/C=C/CCC)(O3)OC(C/C=C/CCCCC(C)C)(O4)O1. The molecule has 0 radical (unpaired) electrons. The molecule has 0 N–H and O–H groups in total. The molecule has 0 aromatic carbocycles. The summed E-state index contributed by atoms with van der Waals surface area (Å²) < 4.78 is 90.2. The van der Waals surface area contributed by atoms with Crippen LogP contribution in [0, 0.1) is 5.92 Å². The van der Waals surface area contributed by atoms with Gasteiger partial charge in [0, 0.05) is 51.4 Å². The summed E-state index contributed by atoms with van der Waals surface area (Å²) in [6.07, 6.45) is 49.0. The van der Waals surface area contributed by atoms with E-state index in [1.54, 1.807) is 0 Å². The zero-order valence-electron chi connectivity index (χ0n) is 46.1. The van der Waals surface area contributed by atoms with Gasteiger partial charge >= 0.3 is 0 Å². The van der Waals surface area contributed by atoms with Gasteiger partial charge in [-0.05, 0) is 63.7 Å². The third-order valence-corrected chi connectivity index (χ3v) is 12.6. The van der Waals surface area contributed by atoms with E-state index in [4.69, 9.17) is 56.8 Å². The first kappa shape index (κ1) is 60.3. The van der Waals surface area contributed by atoms with E-state index < -0.39 is 47.8 Å². The summed E-state index contributed by atoms with van der Waals surface area (Å²) in [6.45, 7) is 19.5. The second-order valence-corrected chi connectivity index (χ2v) is 20.3. The Hall–Kier alpha value is -2.56. The third kappa shape index (κ3) is 17.8.